The maximum absolute atomic E-state index is 14.0. The van der Waals surface area contributed by atoms with E-state index in [-0.39, 0.29) is 23.5 Å². The molecule has 2 aliphatic heterocycles. The van der Waals surface area contributed by atoms with Gasteiger partial charge in [0.05, 0.1) is 13.2 Å². The number of benzene rings is 2. The highest BCUT2D eigenvalue weighted by Crippen LogP contribution is 2.65. The molecule has 42 heavy (non-hydrogen) atoms. The molecule has 6 nitrogen and oxygen atoms in total. The summed E-state index contributed by atoms with van der Waals surface area (Å²) >= 11 is 0. The summed E-state index contributed by atoms with van der Waals surface area (Å²) < 4.78 is 12.8. The molecule has 1 spiro atoms. The molecule has 2 aromatic carbocycles. The lowest BCUT2D eigenvalue weighted by molar-refractivity contribution is -0.142. The molecule has 226 valence electrons. The Hall–Kier alpha value is -2.99. The van der Waals surface area contributed by atoms with Crippen molar-refractivity contribution in [3.63, 3.8) is 0 Å². The summed E-state index contributed by atoms with van der Waals surface area (Å²) in [5.41, 5.74) is 3.36. The average molecular weight is 573 g/mol. The van der Waals surface area contributed by atoms with Gasteiger partial charge in [0.2, 0.25) is 5.91 Å². The third kappa shape index (κ3) is 4.90. The average Bonchev–Trinajstić information content (AvgIpc) is 3.35. The SMILES string of the molecule is C=CCN1CC[C@]23c4c5c(O)cc(OC)c4O[C@H]2[C@H](N(CCCC)C(=O)CCCCCc2ccccc2)CC[C@H]3[C@H]1C5. The Balaban J connectivity index is 1.26. The Labute approximate surface area is 251 Å². The van der Waals surface area contributed by atoms with E-state index in [4.69, 9.17) is 9.47 Å². The molecular weight excluding hydrogens is 524 g/mol. The summed E-state index contributed by atoms with van der Waals surface area (Å²) in [6.07, 6.45) is 12.5. The van der Waals surface area contributed by atoms with Crippen molar-refractivity contribution in [1.29, 1.82) is 0 Å². The molecule has 6 rings (SSSR count). The zero-order valence-electron chi connectivity index (χ0n) is 25.5. The van der Waals surface area contributed by atoms with E-state index in [9.17, 15) is 9.90 Å². The highest BCUT2D eigenvalue weighted by Gasteiger charge is 2.67. The van der Waals surface area contributed by atoms with Crippen molar-refractivity contribution in [3.05, 3.63) is 65.7 Å². The van der Waals surface area contributed by atoms with Crippen molar-refractivity contribution in [2.75, 3.05) is 26.7 Å². The highest BCUT2D eigenvalue weighted by atomic mass is 16.5. The monoisotopic (exact) mass is 572 g/mol. The van der Waals surface area contributed by atoms with Crippen LogP contribution in [0.25, 0.3) is 0 Å². The van der Waals surface area contributed by atoms with Gasteiger partial charge in [-0.2, -0.15) is 0 Å². The number of phenols is 1. The predicted octanol–water partition coefficient (Wildman–Crippen LogP) is 6.43. The van der Waals surface area contributed by atoms with Crippen molar-refractivity contribution >= 4 is 5.91 Å². The lowest BCUT2D eigenvalue weighted by atomic mass is 9.50. The molecule has 1 saturated carbocycles. The van der Waals surface area contributed by atoms with Gasteiger partial charge in [-0.1, -0.05) is 56.2 Å². The smallest absolute Gasteiger partial charge is 0.222 e. The number of carbonyl (C=O) groups is 1. The fourth-order valence-corrected chi connectivity index (χ4v) is 8.89. The lowest BCUT2D eigenvalue weighted by Gasteiger charge is -2.60. The van der Waals surface area contributed by atoms with E-state index in [1.54, 1.807) is 13.2 Å². The van der Waals surface area contributed by atoms with Crippen LogP contribution in [-0.2, 0) is 23.1 Å². The van der Waals surface area contributed by atoms with Crippen LogP contribution in [-0.4, -0.2) is 65.7 Å². The van der Waals surface area contributed by atoms with Crippen molar-refractivity contribution in [3.8, 4) is 17.2 Å². The molecule has 4 aliphatic rings. The Morgan fingerprint density at radius 3 is 2.81 bits per heavy atom. The first-order valence-corrected chi connectivity index (χ1v) is 16.3. The van der Waals surface area contributed by atoms with Crippen LogP contribution >= 0.6 is 0 Å². The van der Waals surface area contributed by atoms with Crippen molar-refractivity contribution in [2.45, 2.75) is 101 Å². The molecule has 1 saturated heterocycles. The summed E-state index contributed by atoms with van der Waals surface area (Å²) in [7, 11) is 1.66. The largest absolute Gasteiger partial charge is 0.508 e. The molecule has 1 amide bonds. The zero-order chi connectivity index (χ0) is 29.3. The summed E-state index contributed by atoms with van der Waals surface area (Å²) in [4.78, 5) is 18.7. The second-order valence-corrected chi connectivity index (χ2v) is 12.9. The van der Waals surface area contributed by atoms with Crippen molar-refractivity contribution < 1.29 is 19.4 Å². The molecule has 2 bridgehead atoms. The summed E-state index contributed by atoms with van der Waals surface area (Å²) in [5, 5.41) is 11.2. The number of nitrogens with zero attached hydrogens (tertiary/aromatic N) is 2. The number of aromatic hydroxyl groups is 1. The number of aryl methyl sites for hydroxylation is 1. The van der Waals surface area contributed by atoms with Gasteiger partial charge in [0.25, 0.3) is 0 Å². The minimum absolute atomic E-state index is 0.0291. The lowest BCUT2D eigenvalue weighted by Crippen LogP contribution is -2.69. The van der Waals surface area contributed by atoms with Gasteiger partial charge in [-0.05, 0) is 69.4 Å². The van der Waals surface area contributed by atoms with Crippen LogP contribution in [0.2, 0.25) is 0 Å². The topological polar surface area (TPSA) is 62.2 Å². The predicted molar refractivity (Wildman–Crippen MR) is 166 cm³/mol. The third-order valence-corrected chi connectivity index (χ3v) is 10.7. The van der Waals surface area contributed by atoms with E-state index in [0.29, 0.717) is 29.9 Å². The highest BCUT2D eigenvalue weighted by molar-refractivity contribution is 5.77. The van der Waals surface area contributed by atoms with E-state index in [0.717, 1.165) is 95.2 Å². The van der Waals surface area contributed by atoms with Crippen molar-refractivity contribution in [1.82, 2.24) is 9.80 Å². The molecule has 1 N–H and O–H groups in total. The molecular formula is C36H48N2O4. The van der Waals surface area contributed by atoms with E-state index in [1.165, 1.54) is 11.1 Å². The van der Waals surface area contributed by atoms with Crippen LogP contribution in [0.3, 0.4) is 0 Å². The first kappa shape index (κ1) is 29.1. The normalized spacial score (nSPS) is 27.2. The third-order valence-electron chi connectivity index (χ3n) is 10.7. The molecule has 2 heterocycles. The van der Waals surface area contributed by atoms with Gasteiger partial charge in [-0.3, -0.25) is 9.69 Å². The second-order valence-electron chi connectivity index (χ2n) is 12.9. The Morgan fingerprint density at radius 1 is 1.21 bits per heavy atom. The van der Waals surface area contributed by atoms with Gasteiger partial charge >= 0.3 is 0 Å². The van der Waals surface area contributed by atoms with E-state index < -0.39 is 0 Å². The quantitative estimate of drug-likeness (QED) is 0.222. The van der Waals surface area contributed by atoms with E-state index in [1.807, 2.05) is 6.08 Å². The standard InChI is InChI=1S/C36H48N2O4/c1-4-6-21-38(32(40)16-12-8-11-15-25-13-9-7-10-14-25)28-18-17-27-29-23-26-30(39)24-31(41-3)34-33(26)36(27,35(28)42-34)19-22-37(29)20-5-2/h5,7,9-10,13-14,24,27-29,35,39H,2,4,6,8,11-12,15-23H2,1,3H3/t27-,28+,29+,35-,36-/m0/s1. The van der Waals surface area contributed by atoms with Crippen LogP contribution in [0.5, 0.6) is 17.2 Å². The number of likely N-dealkylation sites (tertiary alicyclic amines) is 1. The molecule has 0 radical (unpaired) electrons. The van der Waals surface area contributed by atoms with Crippen molar-refractivity contribution in [2.24, 2.45) is 5.92 Å². The van der Waals surface area contributed by atoms with Gasteiger partial charge < -0.3 is 19.5 Å². The number of ether oxygens (including phenoxy) is 2. The summed E-state index contributed by atoms with van der Waals surface area (Å²) in [6.45, 7) is 8.84. The van der Waals surface area contributed by atoms with Gasteiger partial charge in [-0.25, -0.2) is 0 Å². The number of piperidine rings is 1. The number of methoxy groups -OCH3 is 1. The second kappa shape index (κ2) is 12.3. The number of carbonyl (C=O) groups excluding carboxylic acids is 1. The molecule has 5 atom stereocenters. The van der Waals surface area contributed by atoms with E-state index >= 15 is 0 Å². The Morgan fingerprint density at radius 2 is 2.05 bits per heavy atom. The van der Waals surface area contributed by atoms with Crippen LogP contribution in [0, 0.1) is 5.92 Å². The maximum atomic E-state index is 14.0. The first-order chi connectivity index (χ1) is 20.5. The molecule has 0 unspecified atom stereocenters. The summed E-state index contributed by atoms with van der Waals surface area (Å²) in [5.74, 6) is 2.44. The number of hydrogen-bond acceptors (Lipinski definition) is 5. The Kier molecular flexibility index (Phi) is 8.53. The van der Waals surface area contributed by atoms with Crippen LogP contribution < -0.4 is 9.47 Å². The fourth-order valence-electron chi connectivity index (χ4n) is 8.89. The minimum Gasteiger partial charge on any atom is -0.508 e. The van der Waals surface area contributed by atoms with Gasteiger partial charge in [0, 0.05) is 48.2 Å². The molecule has 6 heteroatoms. The molecule has 2 aliphatic carbocycles. The summed E-state index contributed by atoms with van der Waals surface area (Å²) in [6, 6.07) is 12.7. The van der Waals surface area contributed by atoms with Crippen LogP contribution in [0.4, 0.5) is 0 Å². The number of amides is 1. The van der Waals surface area contributed by atoms with E-state index in [2.05, 4.69) is 53.6 Å². The Bertz CT molecular complexity index is 1280. The number of unbranched alkanes of at least 4 members (excludes halogenated alkanes) is 3. The van der Waals surface area contributed by atoms with Crippen LogP contribution in [0.1, 0.15) is 81.4 Å². The molecule has 2 aromatic rings. The number of rotatable bonds is 13. The number of hydrogen-bond donors (Lipinski definition) is 1. The maximum Gasteiger partial charge on any atom is 0.222 e. The molecule has 2 fully saturated rings. The zero-order valence-corrected chi connectivity index (χ0v) is 25.5. The van der Waals surface area contributed by atoms with Gasteiger partial charge in [-0.15, -0.1) is 6.58 Å². The van der Waals surface area contributed by atoms with Crippen LogP contribution in [0.15, 0.2) is 49.1 Å². The number of phenolic OH excluding ortho intramolecular Hbond substituents is 1. The minimum atomic E-state index is -0.208. The first-order valence-electron chi connectivity index (χ1n) is 16.3. The molecule has 0 aromatic heterocycles. The van der Waals surface area contributed by atoms with Gasteiger partial charge in [0.15, 0.2) is 11.5 Å². The van der Waals surface area contributed by atoms with Gasteiger partial charge in [0.1, 0.15) is 11.9 Å². The fraction of sp³-hybridized carbons (Fsp3) is 0.583.